The summed E-state index contributed by atoms with van der Waals surface area (Å²) in [5, 5.41) is 12.1. The third-order valence-corrected chi connectivity index (χ3v) is 11.5. The number of ether oxygens (including phenoxy) is 6. The molecule has 1 rings (SSSR count). The highest BCUT2D eigenvalue weighted by molar-refractivity contribution is 5.94. The summed E-state index contributed by atoms with van der Waals surface area (Å²) in [4.78, 5) is 62.3. The number of rotatable bonds is 48. The number of phenolic OH excluding ortho intramolecular Hbond substituents is 1. The minimum absolute atomic E-state index is 0.00629. The van der Waals surface area contributed by atoms with Crippen LogP contribution in [0.1, 0.15) is 217 Å². The summed E-state index contributed by atoms with van der Waals surface area (Å²) < 4.78 is 32.4. The lowest BCUT2D eigenvalue weighted by Gasteiger charge is -2.18. The third kappa shape index (κ3) is 42.4. The zero-order chi connectivity index (χ0) is 50.1. The normalized spacial score (nSPS) is 11.8. The quantitative estimate of drug-likeness (QED) is 0.0274. The van der Waals surface area contributed by atoms with Crippen molar-refractivity contribution in [3.8, 4) is 5.75 Å². The van der Waals surface area contributed by atoms with Gasteiger partial charge in [0.25, 0.3) is 5.91 Å². The Morgan fingerprint density at radius 2 is 0.855 bits per heavy atom. The molecule has 1 aromatic rings. The van der Waals surface area contributed by atoms with Crippen molar-refractivity contribution < 1.29 is 57.5 Å². The predicted molar refractivity (Wildman–Crippen MR) is 273 cm³/mol. The van der Waals surface area contributed by atoms with Crippen molar-refractivity contribution in [2.75, 3.05) is 52.8 Å². The second-order valence-electron chi connectivity index (χ2n) is 17.9. The number of allylic oxidation sites excluding steroid dienone is 4. The number of esters is 4. The topological polar surface area (TPSA) is 173 Å². The highest BCUT2D eigenvalue weighted by atomic mass is 16.6. The molecule has 0 bridgehead atoms. The number of benzene rings is 1. The highest BCUT2D eigenvalue weighted by Gasteiger charge is 2.20. The molecule has 0 fully saturated rings. The zero-order valence-electron chi connectivity index (χ0n) is 43.0. The fourth-order valence-corrected chi connectivity index (χ4v) is 7.32. The molecule has 2 N–H and O–H groups in total. The van der Waals surface area contributed by atoms with Crippen LogP contribution < -0.4 is 5.32 Å². The van der Waals surface area contributed by atoms with Gasteiger partial charge in [0.2, 0.25) is 0 Å². The van der Waals surface area contributed by atoms with E-state index in [2.05, 4.69) is 43.5 Å². The van der Waals surface area contributed by atoms with Crippen molar-refractivity contribution in [1.82, 2.24) is 5.32 Å². The fourth-order valence-electron chi connectivity index (χ4n) is 7.32. The number of amides is 1. The molecule has 0 aliphatic rings. The summed E-state index contributed by atoms with van der Waals surface area (Å²) in [7, 11) is 0. The molecular weight excluding hydrogens is 879 g/mol. The number of carbonyl (C=O) groups is 5. The molecule has 0 aliphatic heterocycles. The summed E-state index contributed by atoms with van der Waals surface area (Å²) in [6, 6.07) is 5.93. The van der Waals surface area contributed by atoms with Crippen molar-refractivity contribution in [1.29, 1.82) is 0 Å². The van der Waals surface area contributed by atoms with Gasteiger partial charge in [-0.25, -0.2) is 0 Å². The summed E-state index contributed by atoms with van der Waals surface area (Å²) in [6.07, 6.45) is 38.4. The first-order chi connectivity index (χ1) is 33.7. The Morgan fingerprint density at radius 1 is 0.464 bits per heavy atom. The maximum atomic E-state index is 12.8. The van der Waals surface area contributed by atoms with Crippen LogP contribution in [0.5, 0.6) is 5.75 Å². The molecule has 0 aromatic heterocycles. The van der Waals surface area contributed by atoms with E-state index in [1.807, 2.05) is 0 Å². The van der Waals surface area contributed by atoms with Crippen molar-refractivity contribution in [2.45, 2.75) is 213 Å². The van der Waals surface area contributed by atoms with E-state index in [0.717, 1.165) is 70.6 Å². The van der Waals surface area contributed by atoms with Gasteiger partial charge in [-0.2, -0.15) is 0 Å². The fraction of sp³-hybridized carbons (Fsp3) is 0.732. The number of hydrogen-bond donors (Lipinski definition) is 2. The lowest BCUT2D eigenvalue weighted by Crippen LogP contribution is -2.31. The van der Waals surface area contributed by atoms with Crippen LogP contribution in [0.2, 0.25) is 0 Å². The molecule has 13 heteroatoms. The van der Waals surface area contributed by atoms with Gasteiger partial charge in [-0.3, -0.25) is 24.0 Å². The maximum Gasteiger partial charge on any atom is 0.306 e. The lowest BCUT2D eigenvalue weighted by molar-refractivity contribution is -0.167. The first kappa shape index (κ1) is 62.8. The molecule has 0 heterocycles. The molecule has 1 amide bonds. The number of aromatic hydroxyl groups is 1. The van der Waals surface area contributed by atoms with E-state index in [-0.39, 0.29) is 89.6 Å². The number of nitrogens with one attached hydrogen (secondary N) is 1. The lowest BCUT2D eigenvalue weighted by atomic mass is 10.1. The Labute approximate surface area is 416 Å². The second-order valence-corrected chi connectivity index (χ2v) is 17.9. The monoisotopic (exact) mass is 972 g/mol. The Kier molecular flexibility index (Phi) is 43.2. The van der Waals surface area contributed by atoms with Gasteiger partial charge in [-0.15, -0.1) is 0 Å². The van der Waals surface area contributed by atoms with Crippen LogP contribution in [0.15, 0.2) is 48.6 Å². The minimum atomic E-state index is -0.958. The Balaban J connectivity index is 2.32. The van der Waals surface area contributed by atoms with Crippen LogP contribution in [-0.4, -0.2) is 93.8 Å². The average Bonchev–Trinajstić information content (AvgIpc) is 3.34. The van der Waals surface area contributed by atoms with E-state index in [4.69, 9.17) is 28.4 Å². The molecule has 13 nitrogen and oxygen atoms in total. The molecule has 394 valence electrons. The van der Waals surface area contributed by atoms with Crippen LogP contribution in [-0.2, 0) is 47.6 Å². The van der Waals surface area contributed by atoms with Gasteiger partial charge >= 0.3 is 23.9 Å². The largest absolute Gasteiger partial charge is 0.508 e. The summed E-state index contributed by atoms with van der Waals surface area (Å²) in [5.74, 6) is -2.27. The molecule has 1 aromatic carbocycles. The molecule has 69 heavy (non-hydrogen) atoms. The molecule has 0 spiro atoms. The van der Waals surface area contributed by atoms with Crippen molar-refractivity contribution in [3.05, 3.63) is 54.1 Å². The first-order valence-electron chi connectivity index (χ1n) is 26.9. The average molecular weight is 972 g/mol. The second kappa shape index (κ2) is 47.4. The van der Waals surface area contributed by atoms with E-state index in [1.165, 1.54) is 108 Å². The smallest absolute Gasteiger partial charge is 0.306 e. The van der Waals surface area contributed by atoms with E-state index in [9.17, 15) is 29.1 Å². The Bertz CT molecular complexity index is 1480. The van der Waals surface area contributed by atoms with Gasteiger partial charge in [0.1, 0.15) is 25.6 Å². The summed E-state index contributed by atoms with van der Waals surface area (Å²) in [6.45, 7) is 5.21. The third-order valence-electron chi connectivity index (χ3n) is 11.5. The number of phenols is 1. The maximum absolute atomic E-state index is 12.8. The Morgan fingerprint density at radius 3 is 1.35 bits per heavy atom. The first-order valence-corrected chi connectivity index (χ1v) is 26.9. The van der Waals surface area contributed by atoms with E-state index in [1.54, 1.807) is 0 Å². The van der Waals surface area contributed by atoms with Crippen LogP contribution in [0.25, 0.3) is 0 Å². The van der Waals surface area contributed by atoms with Gasteiger partial charge in [0.15, 0.2) is 6.10 Å². The van der Waals surface area contributed by atoms with E-state index >= 15 is 0 Å². The minimum Gasteiger partial charge on any atom is -0.508 e. The number of unbranched alkanes of at least 4 members (excludes halogenated alkanes) is 22. The summed E-state index contributed by atoms with van der Waals surface area (Å²) in [5.41, 5.74) is 0.433. The van der Waals surface area contributed by atoms with E-state index in [0.29, 0.717) is 24.9 Å². The van der Waals surface area contributed by atoms with Crippen molar-refractivity contribution >= 4 is 29.8 Å². The van der Waals surface area contributed by atoms with Gasteiger partial charge in [-0.05, 0) is 88.5 Å². The molecule has 1 atom stereocenters. The molecular formula is C56H93NO12. The number of hydrogen-bond acceptors (Lipinski definition) is 12. The van der Waals surface area contributed by atoms with Crippen LogP contribution in [0.4, 0.5) is 0 Å². The Hall–Kier alpha value is -4.23. The molecule has 0 saturated carbocycles. The molecule has 0 aliphatic carbocycles. The van der Waals surface area contributed by atoms with Crippen LogP contribution in [0, 0.1) is 0 Å². The summed E-state index contributed by atoms with van der Waals surface area (Å²) >= 11 is 0. The molecule has 0 saturated heterocycles. The van der Waals surface area contributed by atoms with Crippen molar-refractivity contribution in [2.24, 2.45) is 0 Å². The van der Waals surface area contributed by atoms with Crippen LogP contribution >= 0.6 is 0 Å². The van der Waals surface area contributed by atoms with Gasteiger partial charge in [0, 0.05) is 24.9 Å². The van der Waals surface area contributed by atoms with E-state index < -0.39 is 24.0 Å². The highest BCUT2D eigenvalue weighted by Crippen LogP contribution is 2.14. The zero-order valence-corrected chi connectivity index (χ0v) is 43.0. The van der Waals surface area contributed by atoms with Gasteiger partial charge in [0.05, 0.1) is 39.3 Å². The SMILES string of the molecule is CCCCCCCC/C=C\CCCCCCCC(=O)OC[C@H](COC(=O)CCC(=O)OCCOCCOCCNC(=O)c1ccc(O)cc1)OC(=O)CCCCCCC/C=C\CCCCCCCC. The predicted octanol–water partition coefficient (Wildman–Crippen LogP) is 12.6. The standard InChI is InChI=1S/C56H93NO12/c1-3-5-7-9-11-13-15-17-19-21-23-25-27-29-31-33-52(59)67-47-51(69-55(62)34-32-30-28-26-24-22-20-18-16-14-12-10-8-6-4-2)48-68-54(61)40-39-53(60)66-46-45-65-44-43-64-42-41-57-56(63)49-35-37-50(58)38-36-49/h17-20,35-38,51,58H,3-16,21-34,39-48H2,1-2H3,(H,57,63)/b19-17-,20-18-/t51-/m1/s1. The van der Waals surface area contributed by atoms with Crippen LogP contribution in [0.3, 0.4) is 0 Å². The van der Waals surface area contributed by atoms with Crippen molar-refractivity contribution in [3.63, 3.8) is 0 Å². The van der Waals surface area contributed by atoms with Gasteiger partial charge in [-0.1, -0.05) is 141 Å². The van der Waals surface area contributed by atoms with Gasteiger partial charge < -0.3 is 38.8 Å². The molecule has 0 unspecified atom stereocenters. The molecule has 0 radical (unpaired) electrons. The number of carbonyl (C=O) groups excluding carboxylic acids is 5.